The summed E-state index contributed by atoms with van der Waals surface area (Å²) in [4.78, 5) is 4.24. The molecular formula is C15H24IN3O. The first kappa shape index (κ1) is 17.1. The van der Waals surface area contributed by atoms with E-state index in [-0.39, 0.29) is 24.0 Å². The SMILES string of the molecule is CN=C(NCCc1ccc(OC)cc1)NC1CC1C.I. The number of ether oxygens (including phenoxy) is 1. The largest absolute Gasteiger partial charge is 0.497 e. The number of methoxy groups -OCH3 is 1. The van der Waals surface area contributed by atoms with Crippen molar-refractivity contribution in [3.8, 4) is 5.75 Å². The van der Waals surface area contributed by atoms with Gasteiger partial charge in [0.15, 0.2) is 5.96 Å². The van der Waals surface area contributed by atoms with E-state index in [0.717, 1.165) is 30.6 Å². The number of halogens is 1. The van der Waals surface area contributed by atoms with Crippen LogP contribution < -0.4 is 15.4 Å². The highest BCUT2D eigenvalue weighted by atomic mass is 127. The lowest BCUT2D eigenvalue weighted by Gasteiger charge is -2.11. The fourth-order valence-corrected chi connectivity index (χ4v) is 2.01. The van der Waals surface area contributed by atoms with Gasteiger partial charge in [0.25, 0.3) is 0 Å². The maximum atomic E-state index is 5.15. The van der Waals surface area contributed by atoms with Gasteiger partial charge in [-0.3, -0.25) is 4.99 Å². The van der Waals surface area contributed by atoms with Gasteiger partial charge in [-0.25, -0.2) is 0 Å². The van der Waals surface area contributed by atoms with Crippen LogP contribution in [0.4, 0.5) is 0 Å². The van der Waals surface area contributed by atoms with Crippen LogP contribution in [0.3, 0.4) is 0 Å². The van der Waals surface area contributed by atoms with Crippen LogP contribution in [0.1, 0.15) is 18.9 Å². The van der Waals surface area contributed by atoms with Crippen molar-refractivity contribution in [3.05, 3.63) is 29.8 Å². The van der Waals surface area contributed by atoms with Crippen LogP contribution in [0.2, 0.25) is 0 Å². The molecule has 0 saturated heterocycles. The minimum atomic E-state index is 0. The summed E-state index contributed by atoms with van der Waals surface area (Å²) in [6, 6.07) is 8.79. The molecule has 2 rings (SSSR count). The van der Waals surface area contributed by atoms with Crippen LogP contribution in [0.15, 0.2) is 29.3 Å². The van der Waals surface area contributed by atoms with E-state index in [0.29, 0.717) is 6.04 Å². The van der Waals surface area contributed by atoms with Gasteiger partial charge in [-0.1, -0.05) is 19.1 Å². The molecule has 0 amide bonds. The van der Waals surface area contributed by atoms with E-state index >= 15 is 0 Å². The molecule has 0 heterocycles. The molecule has 2 unspecified atom stereocenters. The van der Waals surface area contributed by atoms with Crippen molar-refractivity contribution in [3.63, 3.8) is 0 Å². The first-order chi connectivity index (χ1) is 9.22. The predicted molar refractivity (Wildman–Crippen MR) is 94.2 cm³/mol. The van der Waals surface area contributed by atoms with Crippen molar-refractivity contribution in [2.75, 3.05) is 20.7 Å². The van der Waals surface area contributed by atoms with Gasteiger partial charge >= 0.3 is 0 Å². The zero-order chi connectivity index (χ0) is 13.7. The monoisotopic (exact) mass is 389 g/mol. The van der Waals surface area contributed by atoms with E-state index in [2.05, 4.69) is 34.7 Å². The maximum Gasteiger partial charge on any atom is 0.191 e. The lowest BCUT2D eigenvalue weighted by molar-refractivity contribution is 0.414. The van der Waals surface area contributed by atoms with Crippen LogP contribution in [0.5, 0.6) is 5.75 Å². The van der Waals surface area contributed by atoms with Gasteiger partial charge < -0.3 is 15.4 Å². The van der Waals surface area contributed by atoms with Crippen molar-refractivity contribution in [2.24, 2.45) is 10.9 Å². The fourth-order valence-electron chi connectivity index (χ4n) is 2.01. The highest BCUT2D eigenvalue weighted by Crippen LogP contribution is 2.28. The standard InChI is InChI=1S/C15H23N3O.HI/c1-11-10-14(11)18-15(16-2)17-9-8-12-4-6-13(19-3)7-5-12;/h4-7,11,14H,8-10H2,1-3H3,(H2,16,17,18);1H. The Hall–Kier alpha value is -0.980. The highest BCUT2D eigenvalue weighted by Gasteiger charge is 2.33. The summed E-state index contributed by atoms with van der Waals surface area (Å²) in [5.41, 5.74) is 1.29. The maximum absolute atomic E-state index is 5.15. The van der Waals surface area contributed by atoms with Crippen molar-refractivity contribution in [1.82, 2.24) is 10.6 Å². The van der Waals surface area contributed by atoms with Crippen LogP contribution in [0.25, 0.3) is 0 Å². The molecule has 2 atom stereocenters. The van der Waals surface area contributed by atoms with Gasteiger partial charge in [0, 0.05) is 19.6 Å². The van der Waals surface area contributed by atoms with Gasteiger partial charge in [0.1, 0.15) is 5.75 Å². The minimum absolute atomic E-state index is 0. The molecule has 112 valence electrons. The third kappa shape index (κ3) is 5.19. The van der Waals surface area contributed by atoms with Crippen LogP contribution in [-0.4, -0.2) is 32.7 Å². The quantitative estimate of drug-likeness (QED) is 0.462. The molecule has 0 radical (unpaired) electrons. The molecule has 1 aromatic carbocycles. The Morgan fingerprint density at radius 2 is 2.00 bits per heavy atom. The Bertz CT molecular complexity index is 433. The summed E-state index contributed by atoms with van der Waals surface area (Å²) < 4.78 is 5.15. The minimum Gasteiger partial charge on any atom is -0.497 e. The second-order valence-electron chi connectivity index (χ2n) is 5.06. The second kappa shape index (κ2) is 8.34. The molecule has 0 aliphatic heterocycles. The summed E-state index contributed by atoms with van der Waals surface area (Å²) in [7, 11) is 3.50. The molecule has 0 spiro atoms. The van der Waals surface area contributed by atoms with Gasteiger partial charge in [-0.2, -0.15) is 0 Å². The molecule has 1 saturated carbocycles. The van der Waals surface area contributed by atoms with E-state index in [1.807, 2.05) is 19.2 Å². The summed E-state index contributed by atoms with van der Waals surface area (Å²) in [6.07, 6.45) is 2.23. The van der Waals surface area contributed by atoms with E-state index in [4.69, 9.17) is 4.74 Å². The molecule has 1 aliphatic rings. The smallest absolute Gasteiger partial charge is 0.191 e. The lowest BCUT2D eigenvalue weighted by atomic mass is 10.1. The number of nitrogens with one attached hydrogen (secondary N) is 2. The summed E-state index contributed by atoms with van der Waals surface area (Å²) in [5.74, 6) is 2.58. The number of guanidine groups is 1. The molecule has 1 aliphatic carbocycles. The first-order valence-corrected chi connectivity index (χ1v) is 6.83. The second-order valence-corrected chi connectivity index (χ2v) is 5.06. The molecule has 0 aromatic heterocycles. The van der Waals surface area contributed by atoms with Gasteiger partial charge in [0.05, 0.1) is 7.11 Å². The number of hydrogen-bond donors (Lipinski definition) is 2. The predicted octanol–water partition coefficient (Wildman–Crippen LogP) is 2.43. The third-order valence-corrected chi connectivity index (χ3v) is 3.52. The zero-order valence-corrected chi connectivity index (χ0v) is 14.7. The number of rotatable bonds is 5. The van der Waals surface area contributed by atoms with Gasteiger partial charge in [-0.05, 0) is 36.5 Å². The van der Waals surface area contributed by atoms with Gasteiger partial charge in [-0.15, -0.1) is 24.0 Å². The van der Waals surface area contributed by atoms with Crippen molar-refractivity contribution in [1.29, 1.82) is 0 Å². The average Bonchev–Trinajstić information content (AvgIpc) is 3.13. The summed E-state index contributed by atoms with van der Waals surface area (Å²) >= 11 is 0. The molecule has 1 aromatic rings. The molecular weight excluding hydrogens is 365 g/mol. The molecule has 5 heteroatoms. The molecule has 2 N–H and O–H groups in total. The average molecular weight is 389 g/mol. The lowest BCUT2D eigenvalue weighted by Crippen LogP contribution is -2.39. The third-order valence-electron chi connectivity index (χ3n) is 3.52. The first-order valence-electron chi connectivity index (χ1n) is 6.83. The highest BCUT2D eigenvalue weighted by molar-refractivity contribution is 14.0. The Balaban J connectivity index is 0.00000200. The Morgan fingerprint density at radius 1 is 1.35 bits per heavy atom. The Kier molecular flexibility index (Phi) is 7.12. The molecule has 20 heavy (non-hydrogen) atoms. The van der Waals surface area contributed by atoms with E-state index < -0.39 is 0 Å². The van der Waals surface area contributed by atoms with E-state index in [1.165, 1.54) is 12.0 Å². The number of benzene rings is 1. The molecule has 4 nitrogen and oxygen atoms in total. The fraction of sp³-hybridized carbons (Fsp3) is 0.533. The van der Waals surface area contributed by atoms with E-state index in [9.17, 15) is 0 Å². The van der Waals surface area contributed by atoms with Crippen molar-refractivity contribution in [2.45, 2.75) is 25.8 Å². The van der Waals surface area contributed by atoms with Crippen molar-refractivity contribution < 1.29 is 4.74 Å². The molecule has 0 bridgehead atoms. The van der Waals surface area contributed by atoms with Crippen LogP contribution in [0, 0.1) is 5.92 Å². The van der Waals surface area contributed by atoms with Gasteiger partial charge in [0.2, 0.25) is 0 Å². The Morgan fingerprint density at radius 3 is 2.50 bits per heavy atom. The van der Waals surface area contributed by atoms with Crippen LogP contribution >= 0.6 is 24.0 Å². The number of hydrogen-bond acceptors (Lipinski definition) is 2. The summed E-state index contributed by atoms with van der Waals surface area (Å²) in [6.45, 7) is 3.13. The van der Waals surface area contributed by atoms with Crippen molar-refractivity contribution >= 4 is 29.9 Å². The normalized spacial score (nSPS) is 20.9. The molecule has 1 fully saturated rings. The summed E-state index contributed by atoms with van der Waals surface area (Å²) in [5, 5.41) is 6.76. The zero-order valence-electron chi connectivity index (χ0n) is 12.3. The van der Waals surface area contributed by atoms with Crippen LogP contribution in [-0.2, 0) is 6.42 Å². The Labute approximate surface area is 138 Å². The number of nitrogens with zero attached hydrogens (tertiary/aromatic N) is 1. The van der Waals surface area contributed by atoms with E-state index in [1.54, 1.807) is 7.11 Å². The number of aliphatic imine (C=N–C) groups is 1. The topological polar surface area (TPSA) is 45.7 Å².